The number of ether oxygens (including phenoxy) is 1. The van der Waals surface area contributed by atoms with E-state index in [4.69, 9.17) is 10.00 Å². The van der Waals surface area contributed by atoms with E-state index in [0.717, 1.165) is 11.4 Å². The monoisotopic (exact) mass is 218 g/mol. The quantitative estimate of drug-likeness (QED) is 0.777. The number of anilines is 1. The largest absolute Gasteiger partial charge is 0.497 e. The number of rotatable bonds is 3. The number of hydrogen-bond donors (Lipinski definition) is 0. The van der Waals surface area contributed by atoms with Crippen molar-refractivity contribution in [3.63, 3.8) is 0 Å². The highest BCUT2D eigenvalue weighted by molar-refractivity contribution is 5.95. The van der Waals surface area contributed by atoms with Gasteiger partial charge in [-0.15, -0.1) is 0 Å². The Morgan fingerprint density at radius 1 is 1.44 bits per heavy atom. The molecule has 1 atom stereocenters. The summed E-state index contributed by atoms with van der Waals surface area (Å²) in [5.41, 5.74) is 0.743. The molecule has 0 aromatic heterocycles. The minimum atomic E-state index is -0.632. The lowest BCUT2D eigenvalue weighted by atomic mass is 10.1. The lowest BCUT2D eigenvalue weighted by Crippen LogP contribution is -2.30. The van der Waals surface area contributed by atoms with E-state index in [-0.39, 0.29) is 5.91 Å². The fraction of sp³-hybridized carbons (Fsp3) is 0.333. The summed E-state index contributed by atoms with van der Waals surface area (Å²) >= 11 is 0. The average molecular weight is 218 g/mol. The van der Waals surface area contributed by atoms with Crippen molar-refractivity contribution in [2.24, 2.45) is 5.92 Å². The van der Waals surface area contributed by atoms with Gasteiger partial charge in [0.2, 0.25) is 5.91 Å². The molecule has 1 aromatic carbocycles. The second-order valence-electron chi connectivity index (χ2n) is 3.45. The van der Waals surface area contributed by atoms with E-state index in [0.29, 0.717) is 0 Å². The van der Waals surface area contributed by atoms with Gasteiger partial charge in [-0.3, -0.25) is 4.79 Å². The van der Waals surface area contributed by atoms with Gasteiger partial charge in [0, 0.05) is 12.7 Å². The van der Waals surface area contributed by atoms with Crippen LogP contribution in [-0.4, -0.2) is 20.1 Å². The summed E-state index contributed by atoms with van der Waals surface area (Å²) < 4.78 is 5.02. The summed E-state index contributed by atoms with van der Waals surface area (Å²) in [6.07, 6.45) is 0. The second-order valence-corrected chi connectivity index (χ2v) is 3.45. The molecule has 0 saturated carbocycles. The van der Waals surface area contributed by atoms with E-state index in [9.17, 15) is 4.79 Å². The second kappa shape index (κ2) is 5.17. The highest BCUT2D eigenvalue weighted by Gasteiger charge is 2.17. The number of carbonyl (C=O) groups excluding carboxylic acids is 1. The number of benzene rings is 1. The molecular formula is C12H14N2O2. The van der Waals surface area contributed by atoms with Crippen molar-refractivity contribution in [3.05, 3.63) is 24.3 Å². The highest BCUT2D eigenvalue weighted by atomic mass is 16.5. The Morgan fingerprint density at radius 3 is 2.44 bits per heavy atom. The van der Waals surface area contributed by atoms with Crippen LogP contribution in [0.4, 0.5) is 5.69 Å². The molecular weight excluding hydrogens is 204 g/mol. The summed E-state index contributed by atoms with van der Waals surface area (Å²) in [6, 6.07) is 9.03. The molecule has 4 nitrogen and oxygen atoms in total. The molecule has 0 aliphatic heterocycles. The number of methoxy groups -OCH3 is 1. The van der Waals surface area contributed by atoms with Gasteiger partial charge in [0.15, 0.2) is 0 Å². The van der Waals surface area contributed by atoms with Crippen LogP contribution in [0.5, 0.6) is 5.75 Å². The van der Waals surface area contributed by atoms with Crippen molar-refractivity contribution < 1.29 is 9.53 Å². The summed E-state index contributed by atoms with van der Waals surface area (Å²) in [7, 11) is 3.24. The van der Waals surface area contributed by atoms with Gasteiger partial charge in [-0.1, -0.05) is 0 Å². The van der Waals surface area contributed by atoms with Crippen LogP contribution in [0.25, 0.3) is 0 Å². The van der Waals surface area contributed by atoms with Crippen molar-refractivity contribution in [1.82, 2.24) is 0 Å². The van der Waals surface area contributed by atoms with Crippen LogP contribution in [0.15, 0.2) is 24.3 Å². The van der Waals surface area contributed by atoms with Gasteiger partial charge in [-0.05, 0) is 31.2 Å². The van der Waals surface area contributed by atoms with Crippen molar-refractivity contribution in [1.29, 1.82) is 5.26 Å². The Morgan fingerprint density at radius 2 is 2.00 bits per heavy atom. The van der Waals surface area contributed by atoms with E-state index in [1.807, 2.05) is 6.07 Å². The zero-order chi connectivity index (χ0) is 12.1. The first-order valence-corrected chi connectivity index (χ1v) is 4.91. The molecule has 1 aromatic rings. The fourth-order valence-electron chi connectivity index (χ4n) is 1.28. The third-order valence-corrected chi connectivity index (χ3v) is 2.35. The van der Waals surface area contributed by atoms with Crippen LogP contribution in [0.2, 0.25) is 0 Å². The number of carbonyl (C=O) groups is 1. The van der Waals surface area contributed by atoms with E-state index in [2.05, 4.69) is 0 Å². The van der Waals surface area contributed by atoms with Crippen LogP contribution in [0.3, 0.4) is 0 Å². The van der Waals surface area contributed by atoms with Crippen LogP contribution in [0.1, 0.15) is 6.92 Å². The minimum absolute atomic E-state index is 0.215. The SMILES string of the molecule is COc1ccc(N(C)C(=O)C(C)C#N)cc1. The zero-order valence-corrected chi connectivity index (χ0v) is 9.60. The third-order valence-electron chi connectivity index (χ3n) is 2.35. The molecule has 1 unspecified atom stereocenters. The molecule has 16 heavy (non-hydrogen) atoms. The molecule has 0 heterocycles. The maximum atomic E-state index is 11.7. The van der Waals surface area contributed by atoms with Gasteiger partial charge in [0.1, 0.15) is 11.7 Å². The molecule has 1 rings (SSSR count). The first-order valence-electron chi connectivity index (χ1n) is 4.91. The molecule has 4 heteroatoms. The smallest absolute Gasteiger partial charge is 0.243 e. The topological polar surface area (TPSA) is 53.3 Å². The lowest BCUT2D eigenvalue weighted by molar-refractivity contribution is -0.120. The van der Waals surface area contributed by atoms with Crippen molar-refractivity contribution in [2.75, 3.05) is 19.1 Å². The maximum Gasteiger partial charge on any atom is 0.243 e. The first kappa shape index (κ1) is 12.1. The van der Waals surface area contributed by atoms with E-state index in [1.165, 1.54) is 4.90 Å². The maximum absolute atomic E-state index is 11.7. The van der Waals surface area contributed by atoms with Crippen LogP contribution in [0, 0.1) is 17.2 Å². The Bertz CT molecular complexity index is 406. The lowest BCUT2D eigenvalue weighted by Gasteiger charge is -2.18. The molecule has 0 saturated heterocycles. The third kappa shape index (κ3) is 2.51. The molecule has 0 radical (unpaired) electrons. The van der Waals surface area contributed by atoms with Crippen molar-refractivity contribution in [3.8, 4) is 11.8 Å². The molecule has 84 valence electrons. The summed E-state index contributed by atoms with van der Waals surface area (Å²) in [5.74, 6) is -0.113. The standard InChI is InChI=1S/C12H14N2O2/c1-9(8-13)12(15)14(2)10-4-6-11(16-3)7-5-10/h4-7,9H,1-3H3. The highest BCUT2D eigenvalue weighted by Crippen LogP contribution is 2.19. The Hall–Kier alpha value is -2.02. The van der Waals surface area contributed by atoms with Gasteiger partial charge < -0.3 is 9.64 Å². The van der Waals surface area contributed by atoms with Crippen molar-refractivity contribution >= 4 is 11.6 Å². The zero-order valence-electron chi connectivity index (χ0n) is 9.60. The van der Waals surface area contributed by atoms with Crippen molar-refractivity contribution in [2.45, 2.75) is 6.92 Å². The van der Waals surface area contributed by atoms with Gasteiger partial charge in [0.25, 0.3) is 0 Å². The van der Waals surface area contributed by atoms with Gasteiger partial charge in [-0.25, -0.2) is 0 Å². The molecule has 0 N–H and O–H groups in total. The van der Waals surface area contributed by atoms with Crippen LogP contribution in [-0.2, 0) is 4.79 Å². The summed E-state index contributed by atoms with van der Waals surface area (Å²) in [4.78, 5) is 13.2. The number of nitriles is 1. The van der Waals surface area contributed by atoms with Gasteiger partial charge >= 0.3 is 0 Å². The molecule has 0 aliphatic carbocycles. The predicted molar refractivity (Wildman–Crippen MR) is 61.2 cm³/mol. The number of nitrogens with zero attached hydrogens (tertiary/aromatic N) is 2. The van der Waals surface area contributed by atoms with E-state index >= 15 is 0 Å². The Kier molecular flexibility index (Phi) is 3.90. The number of hydrogen-bond acceptors (Lipinski definition) is 3. The fourth-order valence-corrected chi connectivity index (χ4v) is 1.28. The van der Waals surface area contributed by atoms with Crippen LogP contribution >= 0.6 is 0 Å². The summed E-state index contributed by atoms with van der Waals surface area (Å²) in [6.45, 7) is 1.59. The molecule has 0 aliphatic rings. The molecule has 0 spiro atoms. The number of amides is 1. The normalized spacial score (nSPS) is 11.4. The van der Waals surface area contributed by atoms with Crippen LogP contribution < -0.4 is 9.64 Å². The summed E-state index contributed by atoms with van der Waals surface area (Å²) in [5, 5.41) is 8.67. The minimum Gasteiger partial charge on any atom is -0.497 e. The van der Waals surface area contributed by atoms with E-state index in [1.54, 1.807) is 45.3 Å². The molecule has 0 fully saturated rings. The van der Waals surface area contributed by atoms with Gasteiger partial charge in [-0.2, -0.15) is 5.26 Å². The van der Waals surface area contributed by atoms with Gasteiger partial charge in [0.05, 0.1) is 13.2 Å². The van der Waals surface area contributed by atoms with E-state index < -0.39 is 5.92 Å². The first-order chi connectivity index (χ1) is 7.60. The average Bonchev–Trinajstić information content (AvgIpc) is 2.36. The predicted octanol–water partition coefficient (Wildman–Crippen LogP) is 1.82. The Labute approximate surface area is 95.0 Å². The molecule has 0 bridgehead atoms. The Balaban J connectivity index is 2.84. The molecule has 1 amide bonds.